The summed E-state index contributed by atoms with van der Waals surface area (Å²) in [5.74, 6) is 0.755. The van der Waals surface area contributed by atoms with Gasteiger partial charge in [-0.15, -0.1) is 0 Å². The normalized spacial score (nSPS) is 10.4. The van der Waals surface area contributed by atoms with Crippen LogP contribution in [0.25, 0.3) is 0 Å². The summed E-state index contributed by atoms with van der Waals surface area (Å²) >= 11 is 0. The summed E-state index contributed by atoms with van der Waals surface area (Å²) < 4.78 is 10.3. The van der Waals surface area contributed by atoms with E-state index in [0.717, 1.165) is 24.2 Å². The van der Waals surface area contributed by atoms with Crippen LogP contribution >= 0.6 is 0 Å². The average molecular weight is 264 g/mol. The van der Waals surface area contributed by atoms with E-state index in [0.29, 0.717) is 13.2 Å². The zero-order valence-electron chi connectivity index (χ0n) is 11.4. The molecule has 104 valence electrons. The van der Waals surface area contributed by atoms with Gasteiger partial charge in [0.15, 0.2) is 0 Å². The largest absolute Gasteiger partial charge is 0.493 e. The highest BCUT2D eigenvalue weighted by Crippen LogP contribution is 2.16. The number of ether oxygens (including phenoxy) is 2. The van der Waals surface area contributed by atoms with E-state index in [9.17, 15) is 4.79 Å². The number of hydrogen-bond acceptors (Lipinski definition) is 4. The predicted molar refractivity (Wildman–Crippen MR) is 74.6 cm³/mol. The van der Waals surface area contributed by atoms with Crippen LogP contribution in [-0.2, 0) is 4.74 Å². The minimum Gasteiger partial charge on any atom is -0.493 e. The van der Waals surface area contributed by atoms with Gasteiger partial charge in [-0.25, -0.2) is 10.2 Å². The third-order valence-electron chi connectivity index (χ3n) is 2.31. The number of nitrogens with one attached hydrogen (secondary N) is 1. The van der Waals surface area contributed by atoms with Crippen LogP contribution < -0.4 is 10.2 Å². The van der Waals surface area contributed by atoms with Gasteiger partial charge >= 0.3 is 6.09 Å². The summed E-state index contributed by atoms with van der Waals surface area (Å²) in [5, 5.41) is 3.82. The van der Waals surface area contributed by atoms with Gasteiger partial charge < -0.3 is 9.47 Å². The number of amides is 1. The van der Waals surface area contributed by atoms with E-state index in [2.05, 4.69) is 17.5 Å². The van der Waals surface area contributed by atoms with Crippen molar-refractivity contribution in [3.8, 4) is 5.75 Å². The Kier molecular flexibility index (Phi) is 7.09. The van der Waals surface area contributed by atoms with Crippen LogP contribution in [0.15, 0.2) is 29.4 Å². The Bertz CT molecular complexity index is 419. The average Bonchev–Trinajstić information content (AvgIpc) is 2.41. The molecule has 0 aliphatic heterocycles. The summed E-state index contributed by atoms with van der Waals surface area (Å²) in [6.07, 6.45) is 3.06. The Labute approximate surface area is 113 Å². The van der Waals surface area contributed by atoms with Crippen LogP contribution in [0.3, 0.4) is 0 Å². The molecule has 0 unspecified atom stereocenters. The number of carbonyl (C=O) groups excluding carboxylic acids is 1. The molecular formula is C14H20N2O3. The van der Waals surface area contributed by atoms with Gasteiger partial charge in [0.05, 0.1) is 19.4 Å². The molecule has 1 N–H and O–H groups in total. The van der Waals surface area contributed by atoms with Crippen LogP contribution in [0.4, 0.5) is 4.79 Å². The van der Waals surface area contributed by atoms with Gasteiger partial charge in [-0.2, -0.15) is 5.10 Å². The molecule has 0 radical (unpaired) electrons. The number of nitrogens with zero attached hydrogens (tertiary/aromatic N) is 1. The number of benzene rings is 1. The van der Waals surface area contributed by atoms with E-state index in [1.807, 2.05) is 24.3 Å². The van der Waals surface area contributed by atoms with Crippen LogP contribution in [0.5, 0.6) is 5.75 Å². The summed E-state index contributed by atoms with van der Waals surface area (Å²) in [6, 6.07) is 7.54. The summed E-state index contributed by atoms with van der Waals surface area (Å²) in [6.45, 7) is 4.84. The van der Waals surface area contributed by atoms with Gasteiger partial charge in [0.2, 0.25) is 0 Å². The second kappa shape index (κ2) is 8.97. The predicted octanol–water partition coefficient (Wildman–Crippen LogP) is 2.95. The van der Waals surface area contributed by atoms with Crippen molar-refractivity contribution in [3.05, 3.63) is 29.8 Å². The molecule has 1 rings (SSSR count). The van der Waals surface area contributed by atoms with Crippen molar-refractivity contribution < 1.29 is 14.3 Å². The maximum Gasteiger partial charge on any atom is 0.427 e. The van der Waals surface area contributed by atoms with E-state index < -0.39 is 6.09 Å². The smallest absolute Gasteiger partial charge is 0.427 e. The standard InChI is InChI=1S/C14H20N2O3/c1-3-5-10-19-13-9-7-6-8-12(13)11-15-16-14(17)18-4-2/h6-9,11H,3-5,10H2,1-2H3,(H,16,17)/b15-11-. The maximum atomic E-state index is 11.1. The van der Waals surface area contributed by atoms with E-state index in [4.69, 9.17) is 9.47 Å². The number of para-hydroxylation sites is 1. The van der Waals surface area contributed by atoms with Gasteiger partial charge in [0, 0.05) is 5.56 Å². The summed E-state index contributed by atoms with van der Waals surface area (Å²) in [5.41, 5.74) is 3.09. The van der Waals surface area contributed by atoms with E-state index in [-0.39, 0.29) is 0 Å². The van der Waals surface area contributed by atoms with Crippen molar-refractivity contribution in [3.63, 3.8) is 0 Å². The molecule has 5 nitrogen and oxygen atoms in total. The maximum absolute atomic E-state index is 11.1. The van der Waals surface area contributed by atoms with Crippen molar-refractivity contribution in [2.24, 2.45) is 5.10 Å². The molecule has 0 spiro atoms. The monoisotopic (exact) mass is 264 g/mol. The Morgan fingerprint density at radius 3 is 2.89 bits per heavy atom. The Morgan fingerprint density at radius 2 is 2.16 bits per heavy atom. The zero-order valence-corrected chi connectivity index (χ0v) is 11.4. The first-order valence-corrected chi connectivity index (χ1v) is 6.45. The van der Waals surface area contributed by atoms with Gasteiger partial charge in [-0.3, -0.25) is 0 Å². The molecule has 1 aromatic rings. The molecule has 1 aromatic carbocycles. The number of unbranched alkanes of at least 4 members (excludes halogenated alkanes) is 1. The van der Waals surface area contributed by atoms with Gasteiger partial charge in [-0.1, -0.05) is 25.5 Å². The molecule has 0 saturated heterocycles. The molecule has 5 heteroatoms. The first-order valence-electron chi connectivity index (χ1n) is 6.45. The van der Waals surface area contributed by atoms with E-state index in [1.165, 1.54) is 6.21 Å². The topological polar surface area (TPSA) is 59.9 Å². The van der Waals surface area contributed by atoms with E-state index >= 15 is 0 Å². The van der Waals surface area contributed by atoms with Gasteiger partial charge in [0.1, 0.15) is 5.75 Å². The fourth-order valence-corrected chi connectivity index (χ4v) is 1.36. The Morgan fingerprint density at radius 1 is 1.37 bits per heavy atom. The van der Waals surface area contributed by atoms with Crippen molar-refractivity contribution in [1.82, 2.24) is 5.43 Å². The zero-order chi connectivity index (χ0) is 13.9. The summed E-state index contributed by atoms with van der Waals surface area (Å²) in [7, 11) is 0. The molecule has 0 aliphatic rings. The third kappa shape index (κ3) is 5.90. The minimum absolute atomic E-state index is 0.318. The lowest BCUT2D eigenvalue weighted by Gasteiger charge is -2.07. The molecule has 0 aromatic heterocycles. The van der Waals surface area contributed by atoms with Crippen molar-refractivity contribution >= 4 is 12.3 Å². The first-order chi connectivity index (χ1) is 9.27. The molecule has 19 heavy (non-hydrogen) atoms. The minimum atomic E-state index is -0.567. The van der Waals surface area contributed by atoms with Crippen molar-refractivity contribution in [2.45, 2.75) is 26.7 Å². The second-order valence-electron chi connectivity index (χ2n) is 3.83. The summed E-state index contributed by atoms with van der Waals surface area (Å²) in [4.78, 5) is 11.1. The molecule has 1 amide bonds. The SMILES string of the molecule is CCCCOc1ccccc1/C=N\NC(=O)OCC. The van der Waals surface area contributed by atoms with Gasteiger partial charge in [-0.05, 0) is 25.5 Å². The molecule has 0 aliphatic carbocycles. The molecule has 0 bridgehead atoms. The van der Waals surface area contributed by atoms with Crippen LogP contribution in [0, 0.1) is 0 Å². The Balaban J connectivity index is 2.56. The highest BCUT2D eigenvalue weighted by atomic mass is 16.5. The highest BCUT2D eigenvalue weighted by molar-refractivity contribution is 5.84. The van der Waals surface area contributed by atoms with Crippen molar-refractivity contribution in [2.75, 3.05) is 13.2 Å². The number of rotatable bonds is 7. The lowest BCUT2D eigenvalue weighted by atomic mass is 10.2. The van der Waals surface area contributed by atoms with Crippen LogP contribution in [0.1, 0.15) is 32.3 Å². The van der Waals surface area contributed by atoms with Gasteiger partial charge in [0.25, 0.3) is 0 Å². The fourth-order valence-electron chi connectivity index (χ4n) is 1.36. The molecule has 0 heterocycles. The third-order valence-corrected chi connectivity index (χ3v) is 2.31. The molecular weight excluding hydrogens is 244 g/mol. The second-order valence-corrected chi connectivity index (χ2v) is 3.83. The number of hydrogen-bond donors (Lipinski definition) is 1. The quantitative estimate of drug-likeness (QED) is 0.468. The lowest BCUT2D eigenvalue weighted by molar-refractivity contribution is 0.152. The molecule has 0 atom stereocenters. The highest BCUT2D eigenvalue weighted by Gasteiger charge is 2.01. The number of carbonyl (C=O) groups is 1. The first kappa shape index (κ1) is 15.0. The fraction of sp³-hybridized carbons (Fsp3) is 0.429. The lowest BCUT2D eigenvalue weighted by Crippen LogP contribution is -2.18. The molecule has 0 saturated carbocycles. The van der Waals surface area contributed by atoms with Crippen LogP contribution in [-0.4, -0.2) is 25.5 Å². The number of hydrazone groups is 1. The van der Waals surface area contributed by atoms with E-state index in [1.54, 1.807) is 6.92 Å². The van der Waals surface area contributed by atoms with Crippen LogP contribution in [0.2, 0.25) is 0 Å². The Hall–Kier alpha value is -2.04. The van der Waals surface area contributed by atoms with Crippen molar-refractivity contribution in [1.29, 1.82) is 0 Å². The molecule has 0 fully saturated rings.